The first-order valence-corrected chi connectivity index (χ1v) is 13.1. The van der Waals surface area contributed by atoms with Crippen LogP contribution < -0.4 is 15.2 Å². The van der Waals surface area contributed by atoms with E-state index in [9.17, 15) is 19.8 Å². The van der Waals surface area contributed by atoms with E-state index >= 15 is 4.39 Å². The first kappa shape index (κ1) is 28.3. The van der Waals surface area contributed by atoms with Crippen LogP contribution in [0.2, 0.25) is 0 Å². The van der Waals surface area contributed by atoms with Gasteiger partial charge in [0.2, 0.25) is 0 Å². The smallest absolute Gasteiger partial charge is 0.307 e. The summed E-state index contributed by atoms with van der Waals surface area (Å²) in [6, 6.07) is 20.6. The highest BCUT2D eigenvalue weighted by molar-refractivity contribution is 5.94. The molecule has 214 valence electrons. The van der Waals surface area contributed by atoms with Gasteiger partial charge in [0.1, 0.15) is 36.1 Å². The first-order chi connectivity index (χ1) is 20.3. The minimum atomic E-state index is -0.976. The van der Waals surface area contributed by atoms with Crippen LogP contribution >= 0.6 is 0 Å². The summed E-state index contributed by atoms with van der Waals surface area (Å²) in [5.41, 5.74) is 8.67. The van der Waals surface area contributed by atoms with Crippen LogP contribution in [0.3, 0.4) is 0 Å². The Morgan fingerprint density at radius 3 is 2.07 bits per heavy atom. The standard InChI is InChI=1S/C32H27FN2O7/c33-31-24(9-10-35-26(31)16-34)25-12-19(17-40-27-7-3-1-5-20(27)14-29(36)37)11-22-13-23(42-32(22)25)18-41-28-8-4-2-6-21(28)15-30(38)39/h1-13H,14-18,34H2,(H,36,37)(H,38,39). The molecule has 0 unspecified atom stereocenters. The number of rotatable bonds is 12. The molecule has 10 heteroatoms. The zero-order chi connectivity index (χ0) is 29.6. The normalized spacial score (nSPS) is 11.0. The Morgan fingerprint density at radius 2 is 1.45 bits per heavy atom. The number of pyridine rings is 1. The maximum absolute atomic E-state index is 15.4. The quantitative estimate of drug-likeness (QED) is 0.177. The van der Waals surface area contributed by atoms with Crippen molar-refractivity contribution in [2.45, 2.75) is 32.6 Å². The zero-order valence-electron chi connectivity index (χ0n) is 22.4. The first-order valence-electron chi connectivity index (χ1n) is 13.1. The SMILES string of the molecule is NCc1nccc(-c2cc(COc3ccccc3CC(=O)O)cc3cc(COc4ccccc4CC(=O)O)oc23)c1F. The van der Waals surface area contributed by atoms with Gasteiger partial charge >= 0.3 is 11.9 Å². The molecule has 0 aliphatic rings. The number of benzene rings is 3. The number of fused-ring (bicyclic) bond motifs is 1. The molecule has 3 aromatic carbocycles. The average Bonchev–Trinajstić information content (AvgIpc) is 3.38. The second-order valence-electron chi connectivity index (χ2n) is 9.53. The van der Waals surface area contributed by atoms with Crippen molar-refractivity contribution in [2.24, 2.45) is 5.73 Å². The fourth-order valence-corrected chi connectivity index (χ4v) is 4.68. The van der Waals surface area contributed by atoms with Crippen LogP contribution in [0.5, 0.6) is 11.5 Å². The summed E-state index contributed by atoms with van der Waals surface area (Å²) in [7, 11) is 0. The summed E-state index contributed by atoms with van der Waals surface area (Å²) in [6.45, 7) is 0.000596. The number of aromatic nitrogens is 1. The summed E-state index contributed by atoms with van der Waals surface area (Å²) in [5.74, 6) is -1.23. The van der Waals surface area contributed by atoms with Gasteiger partial charge in [-0.3, -0.25) is 14.6 Å². The summed E-state index contributed by atoms with van der Waals surface area (Å²) in [5, 5.41) is 19.1. The third-order valence-electron chi connectivity index (χ3n) is 6.56. The Kier molecular flexibility index (Phi) is 8.44. The van der Waals surface area contributed by atoms with E-state index in [1.54, 1.807) is 60.7 Å². The van der Waals surface area contributed by atoms with E-state index in [1.165, 1.54) is 12.3 Å². The number of carbonyl (C=O) groups is 2. The number of carboxylic acids is 2. The minimum Gasteiger partial charge on any atom is -0.489 e. The van der Waals surface area contributed by atoms with Crippen molar-refractivity contribution >= 4 is 22.9 Å². The molecule has 5 rings (SSSR count). The Morgan fingerprint density at radius 1 is 0.833 bits per heavy atom. The van der Waals surface area contributed by atoms with Gasteiger partial charge in [-0.05, 0) is 42.0 Å². The molecular formula is C32H27FN2O7. The number of aliphatic carboxylic acids is 2. The molecule has 0 saturated carbocycles. The number of ether oxygens (including phenoxy) is 2. The number of hydrogen-bond donors (Lipinski definition) is 3. The number of nitrogens with two attached hydrogens (primary N) is 1. The van der Waals surface area contributed by atoms with Gasteiger partial charge in [-0.15, -0.1) is 0 Å². The fourth-order valence-electron chi connectivity index (χ4n) is 4.68. The van der Waals surface area contributed by atoms with Crippen LogP contribution in [-0.4, -0.2) is 27.1 Å². The molecule has 2 aromatic heterocycles. The van der Waals surface area contributed by atoms with Crippen LogP contribution in [0.25, 0.3) is 22.1 Å². The molecule has 0 radical (unpaired) electrons. The van der Waals surface area contributed by atoms with Gasteiger partial charge in [-0.2, -0.15) is 0 Å². The van der Waals surface area contributed by atoms with Crippen molar-refractivity contribution in [3.63, 3.8) is 0 Å². The third kappa shape index (κ3) is 6.39. The maximum Gasteiger partial charge on any atom is 0.307 e. The molecule has 0 aliphatic carbocycles. The van der Waals surface area contributed by atoms with E-state index in [0.717, 1.165) is 0 Å². The Bertz CT molecular complexity index is 1770. The van der Waals surface area contributed by atoms with Crippen molar-refractivity contribution in [1.82, 2.24) is 4.98 Å². The van der Waals surface area contributed by atoms with Crippen molar-refractivity contribution in [3.8, 4) is 22.6 Å². The number of nitrogens with zero attached hydrogens (tertiary/aromatic N) is 1. The molecule has 0 atom stereocenters. The second-order valence-corrected chi connectivity index (χ2v) is 9.53. The van der Waals surface area contributed by atoms with Crippen molar-refractivity contribution in [1.29, 1.82) is 0 Å². The molecule has 4 N–H and O–H groups in total. The molecule has 9 nitrogen and oxygen atoms in total. The Hall–Kier alpha value is -5.22. The van der Waals surface area contributed by atoms with Crippen LogP contribution in [0.15, 0.2) is 83.4 Å². The van der Waals surface area contributed by atoms with Crippen molar-refractivity contribution in [2.75, 3.05) is 0 Å². The average molecular weight is 571 g/mol. The van der Waals surface area contributed by atoms with Crippen LogP contribution in [-0.2, 0) is 42.2 Å². The summed E-state index contributed by atoms with van der Waals surface area (Å²) in [4.78, 5) is 26.6. The number of hydrogen-bond acceptors (Lipinski definition) is 7. The third-order valence-corrected chi connectivity index (χ3v) is 6.56. The predicted octanol–water partition coefficient (Wildman–Crippen LogP) is 5.50. The van der Waals surface area contributed by atoms with E-state index in [1.807, 2.05) is 6.07 Å². The monoisotopic (exact) mass is 570 g/mol. The second kappa shape index (κ2) is 12.5. The van der Waals surface area contributed by atoms with E-state index in [2.05, 4.69) is 4.98 Å². The number of carboxylic acid groups (broad SMARTS) is 2. The van der Waals surface area contributed by atoms with E-state index < -0.39 is 17.8 Å². The highest BCUT2D eigenvalue weighted by Crippen LogP contribution is 2.35. The van der Waals surface area contributed by atoms with E-state index in [-0.39, 0.29) is 43.9 Å². The fraction of sp³-hybridized carbons (Fsp3) is 0.156. The summed E-state index contributed by atoms with van der Waals surface area (Å²) in [6.07, 6.45) is 1.10. The molecule has 0 aliphatic heterocycles. The zero-order valence-corrected chi connectivity index (χ0v) is 22.4. The lowest BCUT2D eigenvalue weighted by molar-refractivity contribution is -0.137. The van der Waals surface area contributed by atoms with Gasteiger partial charge in [0.05, 0.1) is 18.5 Å². The number of para-hydroxylation sites is 2. The topological polar surface area (TPSA) is 145 Å². The van der Waals surface area contributed by atoms with Gasteiger partial charge < -0.3 is 29.8 Å². The molecule has 2 heterocycles. The summed E-state index contributed by atoms with van der Waals surface area (Å²) < 4.78 is 33.5. The predicted molar refractivity (Wildman–Crippen MR) is 152 cm³/mol. The lowest BCUT2D eigenvalue weighted by Crippen LogP contribution is -2.05. The summed E-state index contributed by atoms with van der Waals surface area (Å²) >= 11 is 0. The molecule has 5 aromatic rings. The van der Waals surface area contributed by atoms with Gasteiger partial charge in [0.15, 0.2) is 5.82 Å². The molecule has 0 fully saturated rings. The number of furan rings is 1. The molecule has 0 spiro atoms. The molecule has 0 bridgehead atoms. The van der Waals surface area contributed by atoms with Gasteiger partial charge in [0.25, 0.3) is 0 Å². The molecule has 0 amide bonds. The van der Waals surface area contributed by atoms with Crippen molar-refractivity contribution in [3.05, 3.63) is 113 Å². The van der Waals surface area contributed by atoms with Gasteiger partial charge in [-0.1, -0.05) is 36.4 Å². The lowest BCUT2D eigenvalue weighted by atomic mass is 10.00. The molecule has 0 saturated heterocycles. The van der Waals surface area contributed by atoms with E-state index in [0.29, 0.717) is 50.5 Å². The van der Waals surface area contributed by atoms with Crippen LogP contribution in [0, 0.1) is 5.82 Å². The van der Waals surface area contributed by atoms with Gasteiger partial charge in [-0.25, -0.2) is 4.39 Å². The van der Waals surface area contributed by atoms with Crippen LogP contribution in [0.4, 0.5) is 4.39 Å². The largest absolute Gasteiger partial charge is 0.489 e. The van der Waals surface area contributed by atoms with Gasteiger partial charge in [0, 0.05) is 40.4 Å². The maximum atomic E-state index is 15.4. The minimum absolute atomic E-state index is 0.00598. The molecule has 42 heavy (non-hydrogen) atoms. The highest BCUT2D eigenvalue weighted by atomic mass is 19.1. The molecular weight excluding hydrogens is 543 g/mol. The van der Waals surface area contributed by atoms with Crippen LogP contribution in [0.1, 0.15) is 28.1 Å². The van der Waals surface area contributed by atoms with Crippen molar-refractivity contribution < 1.29 is 38.1 Å². The lowest BCUT2D eigenvalue weighted by Gasteiger charge is -2.13. The highest BCUT2D eigenvalue weighted by Gasteiger charge is 2.19. The Labute approximate surface area is 239 Å². The van der Waals surface area contributed by atoms with E-state index in [4.69, 9.17) is 19.6 Å². The Balaban J connectivity index is 1.50. The number of halogens is 1.